The lowest BCUT2D eigenvalue weighted by Crippen LogP contribution is -2.18. The summed E-state index contributed by atoms with van der Waals surface area (Å²) in [6.07, 6.45) is 0.748. The number of nitrogens with one attached hydrogen (secondary N) is 1. The molecule has 1 aliphatic heterocycles. The fraction of sp³-hybridized carbons (Fsp3) is 0.400. The molecule has 0 aromatic carbocycles. The van der Waals surface area contributed by atoms with Crippen molar-refractivity contribution >= 4 is 29.3 Å². The lowest BCUT2D eigenvalue weighted by Gasteiger charge is -1.79. The van der Waals surface area contributed by atoms with Gasteiger partial charge >= 0.3 is 5.24 Å². The van der Waals surface area contributed by atoms with Gasteiger partial charge in [0.05, 0.1) is 0 Å². The first-order valence-corrected chi connectivity index (χ1v) is 3.17. The molecule has 0 unspecified atom stereocenters. The summed E-state index contributed by atoms with van der Waals surface area (Å²) in [5.74, 6) is -0.296. The second-order valence-corrected chi connectivity index (χ2v) is 2.12. The van der Waals surface area contributed by atoms with Gasteiger partial charge in [-0.2, -0.15) is 0 Å². The highest BCUT2D eigenvalue weighted by Gasteiger charge is 2.15. The van der Waals surface area contributed by atoms with Crippen LogP contribution >= 0.6 is 12.2 Å². The summed E-state index contributed by atoms with van der Waals surface area (Å²) in [5.41, 5.74) is 0. The van der Waals surface area contributed by atoms with Gasteiger partial charge in [-0.15, -0.1) is 0 Å². The van der Waals surface area contributed by atoms with Crippen molar-refractivity contribution in [3.63, 3.8) is 0 Å². The number of aliphatic hydroxyl groups excluding tert-OH is 1. The number of amides is 2. The third-order valence-electron chi connectivity index (χ3n) is 0.858. The Labute approximate surface area is 68.0 Å². The van der Waals surface area contributed by atoms with Gasteiger partial charge in [0.2, 0.25) is 11.8 Å². The average molecular weight is 177 g/mol. The molecule has 0 atom stereocenters. The van der Waals surface area contributed by atoms with Gasteiger partial charge in [0.15, 0.2) is 0 Å². The van der Waals surface area contributed by atoms with Gasteiger partial charge < -0.3 is 10.2 Å². The Bertz CT molecular complexity index is 173. The van der Waals surface area contributed by atoms with Crippen LogP contribution in [0.15, 0.2) is 0 Å². The van der Waals surface area contributed by atoms with Crippen LogP contribution < -0.4 is 5.32 Å². The van der Waals surface area contributed by atoms with Crippen LogP contribution in [0.25, 0.3) is 0 Å². The fourth-order valence-electron chi connectivity index (χ4n) is 0.508. The summed E-state index contributed by atoms with van der Waals surface area (Å²) in [6.45, 7) is 0. The van der Waals surface area contributed by atoms with Crippen LogP contribution in [0.5, 0.6) is 0 Å². The van der Waals surface area contributed by atoms with Gasteiger partial charge in [-0.3, -0.25) is 14.9 Å². The van der Waals surface area contributed by atoms with E-state index in [-0.39, 0.29) is 11.8 Å². The van der Waals surface area contributed by atoms with E-state index in [1.54, 1.807) is 0 Å². The molecule has 11 heavy (non-hydrogen) atoms. The number of aliphatic hydroxyl groups is 2. The highest BCUT2D eigenvalue weighted by Crippen LogP contribution is 1.95. The molecule has 1 heterocycles. The molecule has 0 radical (unpaired) electrons. The molecule has 6 heteroatoms. The Kier molecular flexibility index (Phi) is 4.12. The lowest BCUT2D eigenvalue weighted by molar-refractivity contribution is -0.124. The van der Waals surface area contributed by atoms with E-state index in [1.165, 1.54) is 0 Å². The number of carbonyl (C=O) groups is 2. The van der Waals surface area contributed by atoms with Crippen LogP contribution in [0.1, 0.15) is 12.8 Å². The lowest BCUT2D eigenvalue weighted by atomic mass is 10.4. The maximum atomic E-state index is 10.1. The molecule has 0 aromatic heterocycles. The molecular formula is C5H7NO4S. The fourth-order valence-corrected chi connectivity index (χ4v) is 0.508. The van der Waals surface area contributed by atoms with E-state index in [2.05, 4.69) is 17.5 Å². The number of carbonyl (C=O) groups excluding carboxylic acids is 2. The van der Waals surface area contributed by atoms with Gasteiger partial charge in [-0.25, -0.2) is 0 Å². The van der Waals surface area contributed by atoms with E-state index in [0.717, 1.165) is 0 Å². The van der Waals surface area contributed by atoms with Crippen molar-refractivity contribution in [2.75, 3.05) is 0 Å². The largest absolute Gasteiger partial charge is 0.473 e. The maximum absolute atomic E-state index is 10.1. The summed E-state index contributed by atoms with van der Waals surface area (Å²) < 4.78 is 0. The normalized spacial score (nSPS) is 14.9. The Morgan fingerprint density at radius 1 is 1.27 bits per heavy atom. The molecule has 1 fully saturated rings. The number of rotatable bonds is 0. The quantitative estimate of drug-likeness (QED) is 0.352. The van der Waals surface area contributed by atoms with Crippen molar-refractivity contribution in [2.45, 2.75) is 12.8 Å². The number of hydrogen-bond acceptors (Lipinski definition) is 3. The van der Waals surface area contributed by atoms with Crippen molar-refractivity contribution in [3.05, 3.63) is 0 Å². The van der Waals surface area contributed by atoms with E-state index < -0.39 is 5.24 Å². The van der Waals surface area contributed by atoms with Crippen LogP contribution in [0, 0.1) is 0 Å². The van der Waals surface area contributed by atoms with Crippen LogP contribution in [0.3, 0.4) is 0 Å². The van der Waals surface area contributed by atoms with Crippen molar-refractivity contribution in [2.24, 2.45) is 0 Å². The number of thiocarbonyl (C=S) groups is 1. The van der Waals surface area contributed by atoms with Crippen molar-refractivity contribution in [1.29, 1.82) is 0 Å². The van der Waals surface area contributed by atoms with E-state index in [9.17, 15) is 9.59 Å². The smallest absolute Gasteiger partial charge is 0.347 e. The first-order chi connectivity index (χ1) is 5.02. The Balaban J connectivity index is 0.000000218. The molecule has 62 valence electrons. The molecule has 3 N–H and O–H groups in total. The number of imide groups is 1. The standard InChI is InChI=1S/C4H5NO2.CH2O2S/c6-3-1-2-4(7)5-3;2-1(3)4/h1-2H2,(H,5,6,7);(H2,2,3,4). The minimum Gasteiger partial charge on any atom is -0.473 e. The first kappa shape index (κ1) is 9.83. The van der Waals surface area contributed by atoms with Crippen LogP contribution in [-0.4, -0.2) is 27.3 Å². The van der Waals surface area contributed by atoms with Crippen LogP contribution in [-0.2, 0) is 9.59 Å². The molecule has 0 aromatic rings. The zero-order chi connectivity index (χ0) is 8.85. The summed E-state index contributed by atoms with van der Waals surface area (Å²) in [7, 11) is 0. The van der Waals surface area contributed by atoms with Gasteiger partial charge in [-0.1, -0.05) is 0 Å². The number of hydrogen-bond donors (Lipinski definition) is 3. The molecule has 1 saturated heterocycles. The average Bonchev–Trinajstić information content (AvgIpc) is 2.13. The minimum atomic E-state index is -1.000. The molecule has 0 saturated carbocycles. The molecular weight excluding hydrogens is 170 g/mol. The summed E-state index contributed by atoms with van der Waals surface area (Å²) in [4.78, 5) is 20.2. The zero-order valence-corrected chi connectivity index (χ0v) is 6.35. The van der Waals surface area contributed by atoms with Crippen molar-refractivity contribution < 1.29 is 19.8 Å². The van der Waals surface area contributed by atoms with Crippen molar-refractivity contribution in [3.8, 4) is 0 Å². The van der Waals surface area contributed by atoms with Crippen molar-refractivity contribution in [1.82, 2.24) is 5.32 Å². The van der Waals surface area contributed by atoms with E-state index in [0.29, 0.717) is 12.8 Å². The second-order valence-electron chi connectivity index (χ2n) is 1.75. The minimum absolute atomic E-state index is 0.148. The Morgan fingerprint density at radius 2 is 1.55 bits per heavy atom. The van der Waals surface area contributed by atoms with Gasteiger partial charge in [0, 0.05) is 25.1 Å². The molecule has 0 bridgehead atoms. The molecule has 0 aliphatic carbocycles. The summed E-state index contributed by atoms with van der Waals surface area (Å²) in [5, 5.41) is 15.8. The third kappa shape index (κ3) is 6.72. The SMILES string of the molecule is O=C1CCC(=O)N1.OC(O)=S. The second kappa shape index (κ2) is 4.62. The van der Waals surface area contributed by atoms with Gasteiger partial charge in [-0.05, 0) is 0 Å². The topological polar surface area (TPSA) is 86.6 Å². The van der Waals surface area contributed by atoms with Gasteiger partial charge in [0.25, 0.3) is 0 Å². The predicted molar refractivity (Wildman–Crippen MR) is 40.2 cm³/mol. The Morgan fingerprint density at radius 3 is 1.64 bits per heavy atom. The highest BCUT2D eigenvalue weighted by atomic mass is 32.1. The van der Waals surface area contributed by atoms with E-state index in [1.807, 2.05) is 0 Å². The molecule has 2 amide bonds. The highest BCUT2D eigenvalue weighted by molar-refractivity contribution is 7.79. The van der Waals surface area contributed by atoms with Gasteiger partial charge in [0.1, 0.15) is 0 Å². The molecule has 5 nitrogen and oxygen atoms in total. The molecule has 1 aliphatic rings. The Hall–Kier alpha value is -1.17. The first-order valence-electron chi connectivity index (χ1n) is 2.77. The monoisotopic (exact) mass is 177 g/mol. The van der Waals surface area contributed by atoms with E-state index in [4.69, 9.17) is 10.2 Å². The van der Waals surface area contributed by atoms with E-state index >= 15 is 0 Å². The zero-order valence-electron chi connectivity index (χ0n) is 5.53. The molecule has 1 rings (SSSR count). The van der Waals surface area contributed by atoms with Crippen LogP contribution in [0.4, 0.5) is 0 Å². The third-order valence-corrected chi connectivity index (χ3v) is 0.858. The predicted octanol–water partition coefficient (Wildman–Crippen LogP) is -0.190. The summed E-state index contributed by atoms with van der Waals surface area (Å²) >= 11 is 3.65. The van der Waals surface area contributed by atoms with Crippen LogP contribution in [0.2, 0.25) is 0 Å². The molecule has 0 spiro atoms. The maximum Gasteiger partial charge on any atom is 0.347 e. The summed E-state index contributed by atoms with van der Waals surface area (Å²) in [6, 6.07) is 0.